The van der Waals surface area contributed by atoms with Crippen LogP contribution in [0.3, 0.4) is 0 Å². The number of nitrogens with zero attached hydrogens (tertiary/aromatic N) is 3. The number of non-ortho nitro benzene ring substituents is 1. The first-order valence-electron chi connectivity index (χ1n) is 9.77. The molecule has 168 valence electrons. The van der Waals surface area contributed by atoms with Gasteiger partial charge in [-0.1, -0.05) is 18.2 Å². The van der Waals surface area contributed by atoms with Gasteiger partial charge in [0.15, 0.2) is 16.6 Å². The Hall–Kier alpha value is -3.66. The first-order chi connectivity index (χ1) is 15.4. The molecule has 0 saturated carbocycles. The molecule has 0 spiro atoms. The lowest BCUT2D eigenvalue weighted by atomic mass is 10.1. The summed E-state index contributed by atoms with van der Waals surface area (Å²) in [6.07, 6.45) is 0. The molecule has 2 aromatic carbocycles. The summed E-state index contributed by atoms with van der Waals surface area (Å²) in [4.78, 5) is 29.3. The van der Waals surface area contributed by atoms with E-state index < -0.39 is 4.92 Å². The lowest BCUT2D eigenvalue weighted by Gasteiger charge is -2.21. The molecule has 0 bridgehead atoms. The Bertz CT molecular complexity index is 1100. The van der Waals surface area contributed by atoms with Gasteiger partial charge in [0.25, 0.3) is 5.69 Å². The van der Waals surface area contributed by atoms with Crippen molar-refractivity contribution in [1.29, 1.82) is 0 Å². The summed E-state index contributed by atoms with van der Waals surface area (Å²) in [6.45, 7) is 2.41. The lowest BCUT2D eigenvalue weighted by Crippen LogP contribution is -2.30. The number of carbonyl (C=O) groups is 1. The Morgan fingerprint density at radius 1 is 1.16 bits per heavy atom. The van der Waals surface area contributed by atoms with Gasteiger partial charge in [-0.05, 0) is 24.6 Å². The number of esters is 1. The van der Waals surface area contributed by atoms with Crippen molar-refractivity contribution in [1.82, 2.24) is 4.98 Å². The highest BCUT2D eigenvalue weighted by Gasteiger charge is 2.19. The molecule has 9 nitrogen and oxygen atoms in total. The van der Waals surface area contributed by atoms with Gasteiger partial charge in [0.1, 0.15) is 6.54 Å². The van der Waals surface area contributed by atoms with E-state index in [1.54, 1.807) is 49.6 Å². The highest BCUT2D eigenvalue weighted by Crippen LogP contribution is 2.32. The molecule has 0 radical (unpaired) electrons. The zero-order valence-electron chi connectivity index (χ0n) is 17.9. The van der Waals surface area contributed by atoms with Crippen molar-refractivity contribution >= 4 is 28.1 Å². The van der Waals surface area contributed by atoms with Gasteiger partial charge in [-0.25, -0.2) is 4.98 Å². The molecule has 0 aliphatic rings. The summed E-state index contributed by atoms with van der Waals surface area (Å²) in [7, 11) is 3.12. The van der Waals surface area contributed by atoms with Crippen LogP contribution in [-0.4, -0.2) is 43.2 Å². The normalized spacial score (nSPS) is 10.5. The maximum atomic E-state index is 12.2. The van der Waals surface area contributed by atoms with Crippen LogP contribution in [0.5, 0.6) is 11.5 Å². The van der Waals surface area contributed by atoms with Crippen molar-refractivity contribution in [3.05, 3.63) is 63.5 Å². The van der Waals surface area contributed by atoms with E-state index in [-0.39, 0.29) is 24.8 Å². The summed E-state index contributed by atoms with van der Waals surface area (Å²) < 4.78 is 15.8. The Morgan fingerprint density at radius 3 is 2.62 bits per heavy atom. The van der Waals surface area contributed by atoms with Crippen molar-refractivity contribution in [3.63, 3.8) is 0 Å². The molecule has 10 heteroatoms. The second kappa shape index (κ2) is 10.6. The van der Waals surface area contributed by atoms with Gasteiger partial charge in [0, 0.05) is 29.6 Å². The van der Waals surface area contributed by atoms with Gasteiger partial charge in [-0.3, -0.25) is 14.9 Å². The molecular formula is C22H23N3O6S. The number of nitro benzene ring substituents is 1. The number of aromatic nitrogens is 1. The molecule has 32 heavy (non-hydrogen) atoms. The van der Waals surface area contributed by atoms with Crippen LogP contribution < -0.4 is 14.4 Å². The van der Waals surface area contributed by atoms with E-state index >= 15 is 0 Å². The van der Waals surface area contributed by atoms with E-state index in [0.29, 0.717) is 34.4 Å². The molecule has 0 atom stereocenters. The third-order valence-electron chi connectivity index (χ3n) is 4.56. The molecule has 3 aromatic rings. The Kier molecular flexibility index (Phi) is 7.61. The maximum Gasteiger partial charge on any atom is 0.325 e. The zero-order valence-corrected chi connectivity index (χ0v) is 18.8. The van der Waals surface area contributed by atoms with Crippen LogP contribution in [0.1, 0.15) is 12.5 Å². The van der Waals surface area contributed by atoms with Crippen molar-refractivity contribution in [2.45, 2.75) is 13.5 Å². The second-order valence-electron chi connectivity index (χ2n) is 6.67. The number of ether oxygens (including phenoxy) is 3. The lowest BCUT2D eigenvalue weighted by molar-refractivity contribution is -0.384. The van der Waals surface area contributed by atoms with Gasteiger partial charge >= 0.3 is 5.97 Å². The number of thiazole rings is 1. The summed E-state index contributed by atoms with van der Waals surface area (Å²) >= 11 is 1.34. The number of nitro groups is 1. The average Bonchev–Trinajstić information content (AvgIpc) is 3.29. The van der Waals surface area contributed by atoms with Crippen molar-refractivity contribution in [2.75, 3.05) is 32.3 Å². The van der Waals surface area contributed by atoms with Crippen LogP contribution in [0.2, 0.25) is 0 Å². The van der Waals surface area contributed by atoms with E-state index in [1.165, 1.54) is 23.5 Å². The van der Waals surface area contributed by atoms with Gasteiger partial charge in [-0.2, -0.15) is 0 Å². The predicted octanol–water partition coefficient (Wildman–Crippen LogP) is 4.31. The fourth-order valence-corrected chi connectivity index (χ4v) is 3.91. The minimum Gasteiger partial charge on any atom is -0.493 e. The van der Waals surface area contributed by atoms with Crippen molar-refractivity contribution in [2.24, 2.45) is 0 Å². The fraction of sp³-hybridized carbons (Fsp3) is 0.273. The molecule has 3 rings (SSSR count). The predicted molar refractivity (Wildman–Crippen MR) is 121 cm³/mol. The Morgan fingerprint density at radius 2 is 1.94 bits per heavy atom. The number of benzene rings is 2. The molecule has 0 unspecified atom stereocenters. The first-order valence-corrected chi connectivity index (χ1v) is 10.6. The van der Waals surface area contributed by atoms with Gasteiger partial charge < -0.3 is 19.1 Å². The third-order valence-corrected chi connectivity index (χ3v) is 5.46. The highest BCUT2D eigenvalue weighted by atomic mass is 32.1. The number of carbonyl (C=O) groups excluding carboxylic acids is 1. The van der Waals surface area contributed by atoms with Gasteiger partial charge in [0.05, 0.1) is 31.4 Å². The Balaban J connectivity index is 1.90. The molecule has 0 aliphatic heterocycles. The second-order valence-corrected chi connectivity index (χ2v) is 7.51. The van der Waals surface area contributed by atoms with Crippen LogP contribution >= 0.6 is 11.3 Å². The van der Waals surface area contributed by atoms with Crippen molar-refractivity contribution in [3.8, 4) is 22.8 Å². The molecule has 1 aromatic heterocycles. The summed E-state index contributed by atoms with van der Waals surface area (Å²) in [5, 5.41) is 13.5. The number of methoxy groups -OCH3 is 2. The number of hydrogen-bond donors (Lipinski definition) is 0. The molecule has 0 N–H and O–H groups in total. The summed E-state index contributed by atoms with van der Waals surface area (Å²) in [5.41, 5.74) is 2.10. The zero-order chi connectivity index (χ0) is 23.1. The van der Waals surface area contributed by atoms with Crippen LogP contribution in [0.4, 0.5) is 10.8 Å². The quantitative estimate of drug-likeness (QED) is 0.252. The van der Waals surface area contributed by atoms with Crippen LogP contribution in [0.25, 0.3) is 11.3 Å². The number of hydrogen-bond acceptors (Lipinski definition) is 9. The van der Waals surface area contributed by atoms with E-state index in [0.717, 1.165) is 5.56 Å². The minimum atomic E-state index is -0.444. The maximum absolute atomic E-state index is 12.2. The number of anilines is 1. The minimum absolute atomic E-state index is 0.00404. The standard InChI is InChI=1S/C22H23N3O6S/c1-4-31-21(26)13-24(12-15-8-9-19(29-2)20(10-15)30-3)22-23-18(14-32-22)16-6-5-7-17(11-16)25(27)28/h5-11,14H,4,12-13H2,1-3H3. The molecular weight excluding hydrogens is 434 g/mol. The molecule has 0 amide bonds. The largest absolute Gasteiger partial charge is 0.493 e. The molecule has 1 heterocycles. The summed E-state index contributed by atoms with van der Waals surface area (Å²) in [6, 6.07) is 11.8. The number of rotatable bonds is 10. The third kappa shape index (κ3) is 5.52. The highest BCUT2D eigenvalue weighted by molar-refractivity contribution is 7.14. The smallest absolute Gasteiger partial charge is 0.325 e. The summed E-state index contributed by atoms with van der Waals surface area (Å²) in [5.74, 6) is 0.813. The van der Waals surface area contributed by atoms with Gasteiger partial charge in [0.2, 0.25) is 0 Å². The molecule has 0 saturated heterocycles. The molecule has 0 aliphatic carbocycles. The van der Waals surface area contributed by atoms with Crippen LogP contribution in [0, 0.1) is 10.1 Å². The van der Waals surface area contributed by atoms with E-state index in [4.69, 9.17) is 14.2 Å². The molecule has 0 fully saturated rings. The van der Waals surface area contributed by atoms with Crippen LogP contribution in [-0.2, 0) is 16.1 Å². The monoisotopic (exact) mass is 457 g/mol. The van der Waals surface area contributed by atoms with Crippen LogP contribution in [0.15, 0.2) is 47.8 Å². The van der Waals surface area contributed by atoms with E-state index in [9.17, 15) is 14.9 Å². The Labute approximate surface area is 189 Å². The van der Waals surface area contributed by atoms with E-state index in [2.05, 4.69) is 4.98 Å². The van der Waals surface area contributed by atoms with Gasteiger partial charge in [-0.15, -0.1) is 11.3 Å². The topological polar surface area (TPSA) is 104 Å². The van der Waals surface area contributed by atoms with E-state index in [1.807, 2.05) is 12.1 Å². The van der Waals surface area contributed by atoms with Crippen molar-refractivity contribution < 1.29 is 23.9 Å². The fourth-order valence-electron chi connectivity index (χ4n) is 3.07. The average molecular weight is 458 g/mol. The SMILES string of the molecule is CCOC(=O)CN(Cc1ccc(OC)c(OC)c1)c1nc(-c2cccc([N+](=O)[O-])c2)cs1. The first kappa shape index (κ1) is 23.0.